The lowest BCUT2D eigenvalue weighted by molar-refractivity contribution is -0.165. The predicted molar refractivity (Wildman–Crippen MR) is 110 cm³/mol. The van der Waals surface area contributed by atoms with E-state index in [0.29, 0.717) is 6.42 Å². The van der Waals surface area contributed by atoms with Gasteiger partial charge in [0.05, 0.1) is 5.41 Å². The topological polar surface area (TPSA) is 43.4 Å². The molecule has 0 aliphatic carbocycles. The van der Waals surface area contributed by atoms with E-state index in [9.17, 15) is 9.59 Å². The molecule has 0 aromatic rings. The number of carbonyl (C=O) groups excluding carboxylic acids is 2. The molecule has 0 aromatic carbocycles. The van der Waals surface area contributed by atoms with Crippen LogP contribution in [0.25, 0.3) is 0 Å². The second-order valence-electron chi connectivity index (χ2n) is 7.99. The maximum absolute atomic E-state index is 11.6. The van der Waals surface area contributed by atoms with Crippen molar-refractivity contribution in [3.63, 3.8) is 0 Å². The van der Waals surface area contributed by atoms with E-state index in [1.165, 1.54) is 38.5 Å². The SMILES string of the molecule is CCCCC/C=C\C/C=C\CCCCCCCC(=O)OC(=O)C(C)(C)C. The van der Waals surface area contributed by atoms with Crippen LogP contribution >= 0.6 is 0 Å². The van der Waals surface area contributed by atoms with Crippen molar-refractivity contribution in [3.05, 3.63) is 24.3 Å². The first-order valence-corrected chi connectivity index (χ1v) is 10.4. The highest BCUT2D eigenvalue weighted by Gasteiger charge is 2.25. The van der Waals surface area contributed by atoms with Gasteiger partial charge in [-0.15, -0.1) is 0 Å². The molecule has 0 amide bonds. The van der Waals surface area contributed by atoms with E-state index in [4.69, 9.17) is 4.74 Å². The molecule has 3 heteroatoms. The molecule has 0 aliphatic rings. The molecule has 0 saturated carbocycles. The molecule has 0 rings (SSSR count). The van der Waals surface area contributed by atoms with Gasteiger partial charge in [-0.1, -0.05) is 63.3 Å². The van der Waals surface area contributed by atoms with Crippen LogP contribution in [0.5, 0.6) is 0 Å². The fourth-order valence-electron chi connectivity index (χ4n) is 2.39. The lowest BCUT2D eigenvalue weighted by Gasteiger charge is -2.15. The van der Waals surface area contributed by atoms with Gasteiger partial charge in [0.1, 0.15) is 0 Å². The molecule has 0 spiro atoms. The van der Waals surface area contributed by atoms with Crippen molar-refractivity contribution < 1.29 is 14.3 Å². The highest BCUT2D eigenvalue weighted by Crippen LogP contribution is 2.16. The first kappa shape index (κ1) is 24.6. The van der Waals surface area contributed by atoms with Gasteiger partial charge in [-0.05, 0) is 59.3 Å². The van der Waals surface area contributed by atoms with Crippen molar-refractivity contribution in [1.29, 1.82) is 0 Å². The van der Waals surface area contributed by atoms with Gasteiger partial charge >= 0.3 is 11.9 Å². The third-order valence-corrected chi connectivity index (χ3v) is 4.15. The average molecular weight is 365 g/mol. The Balaban J connectivity index is 3.44. The molecule has 0 bridgehead atoms. The number of ether oxygens (including phenoxy) is 1. The predicted octanol–water partition coefficient (Wildman–Crippen LogP) is 6.92. The number of carbonyl (C=O) groups is 2. The Morgan fingerprint density at radius 2 is 1.31 bits per heavy atom. The summed E-state index contributed by atoms with van der Waals surface area (Å²) < 4.78 is 4.84. The monoisotopic (exact) mass is 364 g/mol. The lowest BCUT2D eigenvalue weighted by atomic mass is 9.97. The van der Waals surface area contributed by atoms with Crippen molar-refractivity contribution in [2.24, 2.45) is 5.41 Å². The van der Waals surface area contributed by atoms with E-state index in [-0.39, 0.29) is 0 Å². The van der Waals surface area contributed by atoms with E-state index in [1.54, 1.807) is 20.8 Å². The smallest absolute Gasteiger partial charge is 0.318 e. The maximum atomic E-state index is 11.6. The van der Waals surface area contributed by atoms with E-state index in [1.807, 2.05) is 0 Å². The summed E-state index contributed by atoms with van der Waals surface area (Å²) in [6, 6.07) is 0. The van der Waals surface area contributed by atoms with E-state index in [0.717, 1.165) is 32.1 Å². The zero-order valence-electron chi connectivity index (χ0n) is 17.5. The molecule has 0 aliphatic heterocycles. The van der Waals surface area contributed by atoms with Gasteiger partial charge < -0.3 is 4.74 Å². The Labute approximate surface area is 161 Å². The number of allylic oxidation sites excluding steroid dienone is 4. The minimum absolute atomic E-state index is 0.340. The molecule has 3 nitrogen and oxygen atoms in total. The second kappa shape index (κ2) is 15.8. The molecule has 0 fully saturated rings. The average Bonchev–Trinajstić information content (AvgIpc) is 2.57. The molecular formula is C23H40O3. The second-order valence-corrected chi connectivity index (χ2v) is 7.99. The van der Waals surface area contributed by atoms with Crippen LogP contribution in [0, 0.1) is 5.41 Å². The standard InChI is InChI=1S/C23H40O3/c1-5-6-7-8-9-10-11-12-13-14-15-16-17-18-19-20-21(24)26-22(25)23(2,3)4/h9-10,12-13H,5-8,11,14-20H2,1-4H3/b10-9-,13-12-. The van der Waals surface area contributed by atoms with Crippen molar-refractivity contribution in [2.75, 3.05) is 0 Å². The van der Waals surface area contributed by atoms with Gasteiger partial charge in [-0.2, -0.15) is 0 Å². The molecular weight excluding hydrogens is 324 g/mol. The largest absolute Gasteiger partial charge is 0.393 e. The van der Waals surface area contributed by atoms with Crippen molar-refractivity contribution >= 4 is 11.9 Å². The van der Waals surface area contributed by atoms with Gasteiger partial charge in [-0.3, -0.25) is 9.59 Å². The van der Waals surface area contributed by atoms with Gasteiger partial charge in [0.25, 0.3) is 0 Å². The summed E-state index contributed by atoms with van der Waals surface area (Å²) in [5.41, 5.74) is -0.617. The first-order chi connectivity index (χ1) is 12.4. The number of hydrogen-bond acceptors (Lipinski definition) is 3. The molecule has 0 radical (unpaired) electrons. The van der Waals surface area contributed by atoms with Crippen LogP contribution in [-0.4, -0.2) is 11.9 Å². The van der Waals surface area contributed by atoms with Crippen LogP contribution in [0.15, 0.2) is 24.3 Å². The van der Waals surface area contributed by atoms with Crippen molar-refractivity contribution in [1.82, 2.24) is 0 Å². The van der Waals surface area contributed by atoms with Crippen LogP contribution in [0.4, 0.5) is 0 Å². The fraction of sp³-hybridized carbons (Fsp3) is 0.739. The van der Waals surface area contributed by atoms with Crippen LogP contribution in [0.3, 0.4) is 0 Å². The summed E-state index contributed by atoms with van der Waals surface area (Å²) in [6.07, 6.45) is 22.0. The Morgan fingerprint density at radius 3 is 1.88 bits per heavy atom. The fourth-order valence-corrected chi connectivity index (χ4v) is 2.39. The summed E-state index contributed by atoms with van der Waals surface area (Å²) in [7, 11) is 0. The number of unbranched alkanes of at least 4 members (excludes halogenated alkanes) is 8. The minimum atomic E-state index is -0.617. The van der Waals surface area contributed by atoms with Crippen molar-refractivity contribution in [3.8, 4) is 0 Å². The summed E-state index contributed by atoms with van der Waals surface area (Å²) in [5, 5.41) is 0. The first-order valence-electron chi connectivity index (χ1n) is 10.4. The highest BCUT2D eigenvalue weighted by atomic mass is 16.6. The molecule has 150 valence electrons. The molecule has 0 unspecified atom stereocenters. The Kier molecular flexibility index (Phi) is 15.0. The van der Waals surface area contributed by atoms with E-state index < -0.39 is 17.4 Å². The molecule has 0 heterocycles. The normalized spacial score (nSPS) is 12.2. The van der Waals surface area contributed by atoms with E-state index >= 15 is 0 Å². The summed E-state index contributed by atoms with van der Waals surface area (Å²) in [4.78, 5) is 23.2. The molecule has 0 saturated heterocycles. The van der Waals surface area contributed by atoms with Crippen LogP contribution in [-0.2, 0) is 14.3 Å². The van der Waals surface area contributed by atoms with Gasteiger partial charge in [0.2, 0.25) is 0 Å². The van der Waals surface area contributed by atoms with Gasteiger partial charge in [-0.25, -0.2) is 0 Å². The minimum Gasteiger partial charge on any atom is -0.393 e. The van der Waals surface area contributed by atoms with E-state index in [2.05, 4.69) is 31.2 Å². The van der Waals surface area contributed by atoms with Crippen LogP contribution < -0.4 is 0 Å². The summed E-state index contributed by atoms with van der Waals surface area (Å²) in [5.74, 6) is -0.833. The number of esters is 2. The van der Waals surface area contributed by atoms with Crippen LogP contribution in [0.1, 0.15) is 105 Å². The van der Waals surface area contributed by atoms with Crippen molar-refractivity contribution in [2.45, 2.75) is 105 Å². The lowest BCUT2D eigenvalue weighted by Crippen LogP contribution is -2.25. The third kappa shape index (κ3) is 16.1. The highest BCUT2D eigenvalue weighted by molar-refractivity contribution is 5.88. The Morgan fingerprint density at radius 1 is 0.769 bits per heavy atom. The quantitative estimate of drug-likeness (QED) is 0.145. The van der Waals surface area contributed by atoms with Gasteiger partial charge in [0.15, 0.2) is 0 Å². The summed E-state index contributed by atoms with van der Waals surface area (Å²) in [6.45, 7) is 7.49. The maximum Gasteiger partial charge on any atom is 0.318 e. The third-order valence-electron chi connectivity index (χ3n) is 4.15. The zero-order valence-corrected chi connectivity index (χ0v) is 17.5. The van der Waals surface area contributed by atoms with Gasteiger partial charge in [0, 0.05) is 6.42 Å². The Bertz CT molecular complexity index is 427. The molecule has 26 heavy (non-hydrogen) atoms. The molecule has 0 N–H and O–H groups in total. The summed E-state index contributed by atoms with van der Waals surface area (Å²) >= 11 is 0. The molecule has 0 aromatic heterocycles. The zero-order chi connectivity index (χ0) is 19.7. The Hall–Kier alpha value is -1.38. The number of hydrogen-bond donors (Lipinski definition) is 0. The van der Waals surface area contributed by atoms with Crippen LogP contribution in [0.2, 0.25) is 0 Å². The number of rotatable bonds is 14. The molecule has 0 atom stereocenters.